The van der Waals surface area contributed by atoms with Gasteiger partial charge in [-0.15, -0.1) is 3.89 Å². The van der Waals surface area contributed by atoms with Crippen LogP contribution in [0.3, 0.4) is 0 Å². The number of hydrogen-bond acceptors (Lipinski definition) is 3. The predicted octanol–water partition coefficient (Wildman–Crippen LogP) is 0.805. The van der Waals surface area contributed by atoms with Gasteiger partial charge in [0.05, 0.1) is 5.75 Å². The van der Waals surface area contributed by atoms with Crippen molar-refractivity contribution < 1.29 is 12.3 Å². The maximum absolute atomic E-state index is 12.4. The van der Waals surface area contributed by atoms with Gasteiger partial charge in [-0.2, -0.15) is 8.42 Å². The monoisotopic (exact) mass is 195 g/mol. The van der Waals surface area contributed by atoms with Gasteiger partial charge in [0.15, 0.2) is 0 Å². The summed E-state index contributed by atoms with van der Waals surface area (Å²) in [5, 5.41) is 0. The van der Waals surface area contributed by atoms with Crippen molar-refractivity contribution in [3.05, 3.63) is 0 Å². The molecule has 0 aromatic heterocycles. The lowest BCUT2D eigenvalue weighted by molar-refractivity contribution is 0.152. The van der Waals surface area contributed by atoms with Crippen molar-refractivity contribution in [1.29, 1.82) is 0 Å². The average Bonchev–Trinajstić information content (AvgIpc) is 1.80. The molecule has 0 unspecified atom stereocenters. The largest absolute Gasteiger partial charge is 0.330 e. The van der Waals surface area contributed by atoms with Crippen LogP contribution >= 0.6 is 0 Å². The quantitative estimate of drug-likeness (QED) is 0.675. The summed E-state index contributed by atoms with van der Waals surface area (Å²) in [4.78, 5) is 0. The zero-order valence-electron chi connectivity index (χ0n) is 6.92. The maximum atomic E-state index is 12.4. The molecular formula is C7H14FNO2S. The first-order valence-corrected chi connectivity index (χ1v) is 5.65. The van der Waals surface area contributed by atoms with Crippen LogP contribution in [0.1, 0.15) is 25.7 Å². The first-order chi connectivity index (χ1) is 5.47. The number of rotatable bonds is 4. The molecule has 0 aliphatic heterocycles. The second-order valence-electron chi connectivity index (χ2n) is 3.58. The van der Waals surface area contributed by atoms with Gasteiger partial charge in [0.2, 0.25) is 0 Å². The molecule has 0 amide bonds. The van der Waals surface area contributed by atoms with Gasteiger partial charge in [0, 0.05) is 0 Å². The number of hydrogen-bond donors (Lipinski definition) is 1. The lowest BCUT2D eigenvalue weighted by Gasteiger charge is -2.40. The molecule has 1 saturated carbocycles. The van der Waals surface area contributed by atoms with Gasteiger partial charge in [-0.3, -0.25) is 0 Å². The maximum Gasteiger partial charge on any atom is 0.302 e. The Balaban J connectivity index is 2.56. The van der Waals surface area contributed by atoms with Crippen LogP contribution < -0.4 is 5.73 Å². The SMILES string of the molecule is NCCC1(CS(=O)(=O)F)CCC1. The van der Waals surface area contributed by atoms with E-state index in [-0.39, 0.29) is 11.2 Å². The van der Waals surface area contributed by atoms with Crippen LogP contribution in [0.25, 0.3) is 0 Å². The Kier molecular flexibility index (Phi) is 2.73. The van der Waals surface area contributed by atoms with Gasteiger partial charge in [0.25, 0.3) is 0 Å². The molecule has 0 saturated heterocycles. The van der Waals surface area contributed by atoms with E-state index < -0.39 is 10.2 Å². The summed E-state index contributed by atoms with van der Waals surface area (Å²) >= 11 is 0. The first kappa shape index (κ1) is 9.92. The lowest BCUT2D eigenvalue weighted by Crippen LogP contribution is -2.37. The van der Waals surface area contributed by atoms with Crippen LogP contribution in [0, 0.1) is 5.41 Å². The van der Waals surface area contributed by atoms with E-state index in [1.807, 2.05) is 0 Å². The molecule has 12 heavy (non-hydrogen) atoms. The fraction of sp³-hybridized carbons (Fsp3) is 1.00. The average molecular weight is 195 g/mol. The van der Waals surface area contributed by atoms with Crippen LogP contribution in [-0.4, -0.2) is 20.7 Å². The van der Waals surface area contributed by atoms with Crippen LogP contribution in [0.15, 0.2) is 0 Å². The first-order valence-electron chi connectivity index (χ1n) is 4.10. The Labute approximate surface area is 72.3 Å². The zero-order valence-corrected chi connectivity index (χ0v) is 7.74. The Morgan fingerprint density at radius 3 is 2.25 bits per heavy atom. The summed E-state index contributed by atoms with van der Waals surface area (Å²) in [7, 11) is -4.32. The molecule has 0 radical (unpaired) electrons. The standard InChI is InChI=1S/C7H14FNO2S/c8-12(10,11)6-7(4-5-9)2-1-3-7/h1-6,9H2. The van der Waals surface area contributed by atoms with Crippen molar-refractivity contribution in [2.45, 2.75) is 25.7 Å². The Bertz CT molecular complexity index is 246. The summed E-state index contributed by atoms with van der Waals surface area (Å²) in [5.74, 6) is -0.336. The van der Waals surface area contributed by atoms with Crippen LogP contribution in [-0.2, 0) is 10.2 Å². The second kappa shape index (κ2) is 3.30. The van der Waals surface area contributed by atoms with Gasteiger partial charge in [0.1, 0.15) is 0 Å². The molecule has 0 atom stereocenters. The highest BCUT2D eigenvalue weighted by atomic mass is 32.3. The third kappa shape index (κ3) is 2.42. The lowest BCUT2D eigenvalue weighted by atomic mass is 9.68. The van der Waals surface area contributed by atoms with Crippen molar-refractivity contribution in [1.82, 2.24) is 0 Å². The molecular weight excluding hydrogens is 181 g/mol. The minimum atomic E-state index is -4.32. The fourth-order valence-corrected chi connectivity index (χ4v) is 2.98. The van der Waals surface area contributed by atoms with E-state index in [0.717, 1.165) is 19.3 Å². The highest BCUT2D eigenvalue weighted by Gasteiger charge is 2.40. The Hall–Kier alpha value is -0.160. The van der Waals surface area contributed by atoms with Crippen molar-refractivity contribution in [2.24, 2.45) is 11.1 Å². The van der Waals surface area contributed by atoms with Gasteiger partial charge in [-0.05, 0) is 31.2 Å². The van der Waals surface area contributed by atoms with Crippen molar-refractivity contribution in [3.63, 3.8) is 0 Å². The zero-order chi connectivity index (χ0) is 9.24. The fourth-order valence-electron chi connectivity index (χ4n) is 1.82. The second-order valence-corrected chi connectivity index (χ2v) is 4.94. The molecule has 1 aliphatic rings. The minimum absolute atomic E-state index is 0.331. The molecule has 3 nitrogen and oxygen atoms in total. The van der Waals surface area contributed by atoms with Crippen LogP contribution in [0.5, 0.6) is 0 Å². The third-order valence-electron chi connectivity index (χ3n) is 2.57. The molecule has 1 aliphatic carbocycles. The summed E-state index contributed by atoms with van der Waals surface area (Å²) in [6, 6.07) is 0. The molecule has 0 heterocycles. The third-order valence-corrected chi connectivity index (χ3v) is 3.52. The van der Waals surface area contributed by atoms with Crippen molar-refractivity contribution in [3.8, 4) is 0 Å². The van der Waals surface area contributed by atoms with E-state index in [2.05, 4.69) is 0 Å². The summed E-state index contributed by atoms with van der Waals surface area (Å²) < 4.78 is 33.2. The van der Waals surface area contributed by atoms with E-state index in [1.165, 1.54) is 0 Å². The van der Waals surface area contributed by atoms with Crippen molar-refractivity contribution in [2.75, 3.05) is 12.3 Å². The normalized spacial score (nSPS) is 21.8. The van der Waals surface area contributed by atoms with Gasteiger partial charge in [-0.25, -0.2) is 0 Å². The molecule has 0 aromatic carbocycles. The molecule has 1 fully saturated rings. The summed E-state index contributed by atoms with van der Waals surface area (Å²) in [6.45, 7) is 0.440. The van der Waals surface area contributed by atoms with E-state index in [9.17, 15) is 12.3 Å². The van der Waals surface area contributed by atoms with E-state index in [0.29, 0.717) is 13.0 Å². The highest BCUT2D eigenvalue weighted by Crippen LogP contribution is 2.44. The number of halogens is 1. The van der Waals surface area contributed by atoms with Gasteiger partial charge in [-0.1, -0.05) is 6.42 Å². The Morgan fingerprint density at radius 1 is 1.42 bits per heavy atom. The summed E-state index contributed by atoms with van der Waals surface area (Å²) in [5.41, 5.74) is 4.99. The topological polar surface area (TPSA) is 60.2 Å². The summed E-state index contributed by atoms with van der Waals surface area (Å²) in [6.07, 6.45) is 3.21. The van der Waals surface area contributed by atoms with Gasteiger partial charge >= 0.3 is 10.2 Å². The molecule has 0 spiro atoms. The number of nitrogens with two attached hydrogens (primary N) is 1. The minimum Gasteiger partial charge on any atom is -0.330 e. The molecule has 0 bridgehead atoms. The van der Waals surface area contributed by atoms with Crippen LogP contribution in [0.2, 0.25) is 0 Å². The molecule has 2 N–H and O–H groups in total. The van der Waals surface area contributed by atoms with E-state index >= 15 is 0 Å². The predicted molar refractivity (Wildman–Crippen MR) is 44.9 cm³/mol. The highest BCUT2D eigenvalue weighted by molar-refractivity contribution is 7.86. The van der Waals surface area contributed by atoms with E-state index in [4.69, 9.17) is 5.73 Å². The Morgan fingerprint density at radius 2 is 2.00 bits per heavy atom. The van der Waals surface area contributed by atoms with Crippen molar-refractivity contribution >= 4 is 10.2 Å². The smallest absolute Gasteiger partial charge is 0.302 e. The molecule has 1 rings (SSSR count). The molecule has 0 aromatic rings. The molecule has 5 heteroatoms. The van der Waals surface area contributed by atoms with Gasteiger partial charge < -0.3 is 5.73 Å². The molecule has 72 valence electrons. The van der Waals surface area contributed by atoms with E-state index in [1.54, 1.807) is 0 Å². The van der Waals surface area contributed by atoms with Crippen LogP contribution in [0.4, 0.5) is 3.89 Å².